The van der Waals surface area contributed by atoms with Gasteiger partial charge in [-0.05, 0) is 92.5 Å². The van der Waals surface area contributed by atoms with Crippen LogP contribution in [0.25, 0.3) is 0 Å². The van der Waals surface area contributed by atoms with E-state index in [1.165, 1.54) is 24.0 Å². The van der Waals surface area contributed by atoms with E-state index in [1.54, 1.807) is 9.80 Å². The molecule has 2 N–H and O–H groups in total. The number of alkyl halides is 3. The van der Waals surface area contributed by atoms with E-state index in [4.69, 9.17) is 17.3 Å². The topological polar surface area (TPSA) is 99.4 Å². The fraction of sp³-hybridized carbons (Fsp3) is 0.641. The van der Waals surface area contributed by atoms with Crippen molar-refractivity contribution in [3.05, 3.63) is 68.9 Å². The molecular formula is C39H51ClF3N6O3-. The number of halogens is 4. The highest BCUT2D eigenvalue weighted by atomic mass is 35.5. The van der Waals surface area contributed by atoms with E-state index < -0.39 is 23.3 Å². The molecule has 9 nitrogen and oxygen atoms in total. The number of benzene rings is 1. The summed E-state index contributed by atoms with van der Waals surface area (Å²) in [6, 6.07) is 3.34. The number of hydroxylamine groups is 2. The van der Waals surface area contributed by atoms with Gasteiger partial charge in [-0.15, -0.1) is 0 Å². The maximum atomic E-state index is 14.2. The zero-order chi connectivity index (χ0) is 36.6. The first-order valence-corrected chi connectivity index (χ1v) is 19.5. The molecule has 0 radical (unpaired) electrons. The Morgan fingerprint density at radius 2 is 1.52 bits per heavy atom. The van der Waals surface area contributed by atoms with E-state index in [9.17, 15) is 28.0 Å². The summed E-state index contributed by atoms with van der Waals surface area (Å²) in [5, 5.41) is 14.2. The first-order valence-electron chi connectivity index (χ1n) is 19.1. The lowest BCUT2D eigenvalue weighted by Gasteiger charge is -2.44. The summed E-state index contributed by atoms with van der Waals surface area (Å²) in [5.41, 5.74) is 6.55. The lowest BCUT2D eigenvalue weighted by Crippen LogP contribution is -2.54. The molecule has 6 aliphatic rings. The van der Waals surface area contributed by atoms with Crippen LogP contribution in [0, 0.1) is 17.0 Å². The normalized spacial score (nSPS) is 25.4. The molecule has 284 valence electrons. The number of nitrogens with two attached hydrogens (primary N) is 1. The second kappa shape index (κ2) is 15.8. The molecule has 0 bridgehead atoms. The van der Waals surface area contributed by atoms with Gasteiger partial charge in [0.05, 0.1) is 22.2 Å². The number of piperidine rings is 2. The predicted molar refractivity (Wildman–Crippen MR) is 196 cm³/mol. The number of carbonyl (C=O) groups is 2. The molecule has 1 aromatic carbocycles. The minimum Gasteiger partial charge on any atom is -0.785 e. The Labute approximate surface area is 309 Å². The van der Waals surface area contributed by atoms with Crippen LogP contribution >= 0.6 is 11.6 Å². The number of carbonyl (C=O) groups excluding carboxylic acids is 2. The van der Waals surface area contributed by atoms with Crippen LogP contribution in [0.2, 0.25) is 5.02 Å². The number of anilines is 1. The fourth-order valence-corrected chi connectivity index (χ4v) is 9.35. The van der Waals surface area contributed by atoms with E-state index in [2.05, 4.69) is 34.1 Å². The van der Waals surface area contributed by atoms with Crippen LogP contribution in [0.5, 0.6) is 0 Å². The van der Waals surface area contributed by atoms with Crippen molar-refractivity contribution in [2.45, 2.75) is 88.5 Å². The Balaban J connectivity index is 1.000. The van der Waals surface area contributed by atoms with Gasteiger partial charge in [0.2, 0.25) is 11.8 Å². The van der Waals surface area contributed by atoms with Gasteiger partial charge in [0.15, 0.2) is 0 Å². The Hall–Kier alpha value is -2.90. The van der Waals surface area contributed by atoms with Gasteiger partial charge in [-0.25, -0.2) is 0 Å². The third-order valence-electron chi connectivity index (χ3n) is 12.3. The minimum absolute atomic E-state index is 0.0562. The van der Waals surface area contributed by atoms with Gasteiger partial charge in [0.1, 0.15) is 0 Å². The third kappa shape index (κ3) is 8.57. The number of nitrogens with zero attached hydrogens (tertiary/aromatic N) is 5. The quantitative estimate of drug-likeness (QED) is 0.332. The third-order valence-corrected chi connectivity index (χ3v) is 12.6. The SMILES string of the molecule is Nc1c(Cl)cc(C[C@@H](CC(=O)N2CCC(C3CC=C4C=CCC=C4CN3[O-])CC2)C(=O)N2CCC(N3CCN(C4CC4)CC3)CC2)cc1C(F)(F)F. The molecule has 52 heavy (non-hydrogen) atoms. The summed E-state index contributed by atoms with van der Waals surface area (Å²) in [5.74, 6) is -1.11. The molecular weight excluding hydrogens is 693 g/mol. The monoisotopic (exact) mass is 743 g/mol. The Morgan fingerprint density at radius 3 is 2.15 bits per heavy atom. The number of fused-ring (bicyclic) bond motifs is 1. The molecule has 1 saturated carbocycles. The molecule has 1 unspecified atom stereocenters. The summed E-state index contributed by atoms with van der Waals surface area (Å²) < 4.78 is 41.6. The van der Waals surface area contributed by atoms with Crippen molar-refractivity contribution in [1.29, 1.82) is 0 Å². The highest BCUT2D eigenvalue weighted by Gasteiger charge is 2.38. The van der Waals surface area contributed by atoms with Crippen molar-refractivity contribution in [3.8, 4) is 0 Å². The minimum atomic E-state index is -4.71. The summed E-state index contributed by atoms with van der Waals surface area (Å²) in [6.07, 6.45) is 10.7. The lowest BCUT2D eigenvalue weighted by atomic mass is 9.86. The summed E-state index contributed by atoms with van der Waals surface area (Å²) in [6.45, 7) is 6.63. The van der Waals surface area contributed by atoms with Crippen LogP contribution in [0.15, 0.2) is 47.6 Å². The van der Waals surface area contributed by atoms with E-state index in [0.717, 1.165) is 68.7 Å². The van der Waals surface area contributed by atoms with E-state index in [-0.39, 0.29) is 47.2 Å². The summed E-state index contributed by atoms with van der Waals surface area (Å²) in [4.78, 5) is 36.8. The Bertz CT molecular complexity index is 1570. The molecule has 0 spiro atoms. The van der Waals surface area contributed by atoms with Crippen molar-refractivity contribution >= 4 is 29.1 Å². The molecule has 3 saturated heterocycles. The van der Waals surface area contributed by atoms with Crippen molar-refractivity contribution < 1.29 is 22.8 Å². The highest BCUT2D eigenvalue weighted by molar-refractivity contribution is 6.33. The van der Waals surface area contributed by atoms with Gasteiger partial charge in [-0.3, -0.25) is 19.4 Å². The molecule has 2 aliphatic carbocycles. The highest BCUT2D eigenvalue weighted by Crippen LogP contribution is 2.39. The molecule has 4 heterocycles. The molecule has 2 atom stereocenters. The van der Waals surface area contributed by atoms with Gasteiger partial charge < -0.3 is 25.8 Å². The number of hydrogen-bond donors (Lipinski definition) is 1. The molecule has 4 aliphatic heterocycles. The van der Waals surface area contributed by atoms with Gasteiger partial charge in [0.25, 0.3) is 0 Å². The van der Waals surface area contributed by atoms with E-state index in [0.29, 0.717) is 58.0 Å². The fourth-order valence-electron chi connectivity index (χ4n) is 9.11. The van der Waals surface area contributed by atoms with Crippen LogP contribution in [0.3, 0.4) is 0 Å². The molecule has 13 heteroatoms. The number of hydrogen-bond acceptors (Lipinski definition) is 7. The first kappa shape index (κ1) is 37.4. The first-order chi connectivity index (χ1) is 24.9. The van der Waals surface area contributed by atoms with Crippen LogP contribution in [0.1, 0.15) is 68.9 Å². The molecule has 1 aromatic rings. The van der Waals surface area contributed by atoms with Crippen molar-refractivity contribution in [2.24, 2.45) is 11.8 Å². The second-order valence-corrected chi connectivity index (χ2v) is 16.0. The average molecular weight is 744 g/mol. The standard InChI is InChI=1S/C39H51ClF3N6O3/c40-34-23-26(22-33(37(34)44)39(41,42)43)21-30(38(51)48-15-11-32(12-16-48)46-19-17-45(18-20-46)31-6-7-31)24-36(50)47-13-9-28(10-14-47)35-8-5-27-3-1-2-4-29(27)25-49(35)52/h1,3-5,22-23,28,30-32,35H,2,6-21,24-25,44H2/q-1/t30-,35?/m0/s1. The van der Waals surface area contributed by atoms with Crippen molar-refractivity contribution in [1.82, 2.24) is 24.7 Å². The zero-order valence-electron chi connectivity index (χ0n) is 29.8. The van der Waals surface area contributed by atoms with Gasteiger partial charge >= 0.3 is 6.18 Å². The van der Waals surface area contributed by atoms with Crippen LogP contribution in [0.4, 0.5) is 18.9 Å². The van der Waals surface area contributed by atoms with E-state index >= 15 is 0 Å². The maximum absolute atomic E-state index is 14.2. The number of allylic oxidation sites excluding steroid dienone is 3. The number of nitrogen functional groups attached to an aromatic ring is 1. The maximum Gasteiger partial charge on any atom is 0.418 e. The average Bonchev–Trinajstić information content (AvgIpc) is 4.00. The lowest BCUT2D eigenvalue weighted by molar-refractivity contribution is -0.143. The molecule has 7 rings (SSSR count). The predicted octanol–water partition coefficient (Wildman–Crippen LogP) is 5.88. The Kier molecular flexibility index (Phi) is 11.4. The van der Waals surface area contributed by atoms with E-state index in [1.807, 2.05) is 0 Å². The summed E-state index contributed by atoms with van der Waals surface area (Å²) in [7, 11) is 0. The largest absolute Gasteiger partial charge is 0.785 e. The van der Waals surface area contributed by atoms with Crippen LogP contribution < -0.4 is 5.73 Å². The number of likely N-dealkylation sites (tertiary alicyclic amines) is 2. The Morgan fingerprint density at radius 1 is 0.885 bits per heavy atom. The van der Waals surface area contributed by atoms with Crippen LogP contribution in [-0.4, -0.2) is 114 Å². The number of amides is 2. The zero-order valence-corrected chi connectivity index (χ0v) is 30.6. The summed E-state index contributed by atoms with van der Waals surface area (Å²) >= 11 is 6.18. The molecule has 4 fully saturated rings. The van der Waals surface area contributed by atoms with Gasteiger partial charge in [-0.2, -0.15) is 13.2 Å². The smallest absolute Gasteiger partial charge is 0.418 e. The molecule has 2 amide bonds. The van der Waals surface area contributed by atoms with Gasteiger partial charge in [-0.1, -0.05) is 35.9 Å². The molecule has 0 aromatic heterocycles. The number of rotatable bonds is 8. The van der Waals surface area contributed by atoms with Crippen molar-refractivity contribution in [3.63, 3.8) is 0 Å². The number of piperazine rings is 1. The van der Waals surface area contributed by atoms with Crippen molar-refractivity contribution in [2.75, 3.05) is 64.6 Å². The van der Waals surface area contributed by atoms with Crippen LogP contribution in [-0.2, 0) is 22.2 Å². The second-order valence-electron chi connectivity index (χ2n) is 15.6. The van der Waals surface area contributed by atoms with Gasteiger partial charge in [0, 0.05) is 83.4 Å².